The molecule has 0 unspecified atom stereocenters. The van der Waals surface area contributed by atoms with Crippen LogP contribution in [0.25, 0.3) is 0 Å². The predicted molar refractivity (Wildman–Crippen MR) is 110 cm³/mol. The van der Waals surface area contributed by atoms with Crippen molar-refractivity contribution in [1.29, 1.82) is 0 Å². The van der Waals surface area contributed by atoms with Gasteiger partial charge in [-0.1, -0.05) is 11.2 Å². The maximum absolute atomic E-state index is 13.1. The van der Waals surface area contributed by atoms with E-state index in [1.54, 1.807) is 29.7 Å². The molecule has 2 fully saturated rings. The van der Waals surface area contributed by atoms with Gasteiger partial charge in [0.2, 0.25) is 15.9 Å². The van der Waals surface area contributed by atoms with Gasteiger partial charge in [-0.25, -0.2) is 8.42 Å². The van der Waals surface area contributed by atoms with Crippen LogP contribution in [0.2, 0.25) is 0 Å². The quantitative estimate of drug-likeness (QED) is 0.696. The molecule has 9 nitrogen and oxygen atoms in total. The lowest BCUT2D eigenvalue weighted by Crippen LogP contribution is -2.55. The fourth-order valence-corrected chi connectivity index (χ4v) is 6.53. The molecule has 0 aliphatic carbocycles. The molecule has 30 heavy (non-hydrogen) atoms. The topological polar surface area (TPSA) is 104 Å². The summed E-state index contributed by atoms with van der Waals surface area (Å²) in [5.74, 6) is 0.0481. The van der Waals surface area contributed by atoms with Crippen molar-refractivity contribution in [3.8, 4) is 0 Å². The summed E-state index contributed by atoms with van der Waals surface area (Å²) in [7, 11) is -3.73. The van der Waals surface area contributed by atoms with Gasteiger partial charge >= 0.3 is 0 Å². The molecule has 0 N–H and O–H groups in total. The lowest BCUT2D eigenvalue weighted by Gasteiger charge is -2.36. The molecule has 162 valence electrons. The zero-order chi connectivity index (χ0) is 21.5. The van der Waals surface area contributed by atoms with E-state index >= 15 is 0 Å². The van der Waals surface area contributed by atoms with E-state index in [1.165, 1.54) is 15.6 Å². The maximum atomic E-state index is 13.1. The van der Waals surface area contributed by atoms with Crippen LogP contribution < -0.4 is 0 Å². The third kappa shape index (κ3) is 3.65. The number of hydrogen-bond acceptors (Lipinski definition) is 7. The highest BCUT2D eigenvalue weighted by Crippen LogP contribution is 2.26. The summed E-state index contributed by atoms with van der Waals surface area (Å²) in [5.41, 5.74) is 0.333. The van der Waals surface area contributed by atoms with Crippen molar-refractivity contribution < 1.29 is 22.5 Å². The number of carbonyl (C=O) groups excluding carboxylic acids is 2. The predicted octanol–water partition coefficient (Wildman–Crippen LogP) is 1.49. The number of nitrogens with zero attached hydrogens (tertiary/aromatic N) is 4. The molecular formula is C19H24N4O5S2. The highest BCUT2D eigenvalue weighted by atomic mass is 32.2. The van der Waals surface area contributed by atoms with Gasteiger partial charge in [0.25, 0.3) is 5.91 Å². The Kier molecular flexibility index (Phi) is 5.69. The Morgan fingerprint density at radius 3 is 2.50 bits per heavy atom. The normalized spacial score (nSPS) is 20.7. The van der Waals surface area contributed by atoms with Crippen molar-refractivity contribution in [2.75, 3.05) is 32.7 Å². The van der Waals surface area contributed by atoms with Gasteiger partial charge in [0, 0.05) is 32.7 Å². The van der Waals surface area contributed by atoms with Crippen molar-refractivity contribution in [3.05, 3.63) is 33.8 Å². The summed E-state index contributed by atoms with van der Waals surface area (Å²) in [6.45, 7) is 4.72. The third-order valence-electron chi connectivity index (χ3n) is 5.65. The van der Waals surface area contributed by atoms with E-state index in [4.69, 9.17) is 4.52 Å². The average molecular weight is 453 g/mol. The molecule has 0 bridgehead atoms. The van der Waals surface area contributed by atoms with Crippen LogP contribution in [0.1, 0.15) is 34.0 Å². The monoisotopic (exact) mass is 452 g/mol. The number of hydrogen-bond donors (Lipinski definition) is 0. The van der Waals surface area contributed by atoms with E-state index in [0.717, 1.165) is 6.42 Å². The highest BCUT2D eigenvalue weighted by Gasteiger charge is 2.40. The van der Waals surface area contributed by atoms with Gasteiger partial charge in [0.15, 0.2) is 5.76 Å². The van der Waals surface area contributed by atoms with Gasteiger partial charge in [-0.3, -0.25) is 9.59 Å². The maximum Gasteiger partial charge on any atom is 0.264 e. The summed E-state index contributed by atoms with van der Waals surface area (Å²) >= 11 is 1.37. The van der Waals surface area contributed by atoms with Gasteiger partial charge in [0.05, 0.1) is 4.88 Å². The Morgan fingerprint density at radius 1 is 1.17 bits per heavy atom. The molecule has 2 saturated heterocycles. The van der Waals surface area contributed by atoms with Crippen molar-refractivity contribution in [2.45, 2.75) is 37.6 Å². The van der Waals surface area contributed by atoms with E-state index in [2.05, 4.69) is 5.16 Å². The zero-order valence-corrected chi connectivity index (χ0v) is 18.5. The van der Waals surface area contributed by atoms with Crippen LogP contribution in [-0.2, 0) is 14.8 Å². The second-order valence-electron chi connectivity index (χ2n) is 7.52. The molecule has 0 saturated carbocycles. The average Bonchev–Trinajstić information content (AvgIpc) is 3.48. The number of piperazine rings is 1. The van der Waals surface area contributed by atoms with Crippen LogP contribution in [0.5, 0.6) is 0 Å². The van der Waals surface area contributed by atoms with E-state index in [1.807, 2.05) is 11.4 Å². The lowest BCUT2D eigenvalue weighted by molar-refractivity contribution is -0.136. The van der Waals surface area contributed by atoms with E-state index in [0.29, 0.717) is 36.6 Å². The number of amides is 2. The van der Waals surface area contributed by atoms with Crippen molar-refractivity contribution in [1.82, 2.24) is 19.3 Å². The van der Waals surface area contributed by atoms with Crippen LogP contribution in [0, 0.1) is 13.8 Å². The first kappa shape index (κ1) is 21.0. The first-order valence-electron chi connectivity index (χ1n) is 9.87. The van der Waals surface area contributed by atoms with Crippen LogP contribution in [0.3, 0.4) is 0 Å². The summed E-state index contributed by atoms with van der Waals surface area (Å²) in [5, 5.41) is 5.58. The Bertz CT molecular complexity index is 1020. The number of thiophene rings is 1. The van der Waals surface area contributed by atoms with Gasteiger partial charge in [0.1, 0.15) is 16.6 Å². The summed E-state index contributed by atoms with van der Waals surface area (Å²) < 4.78 is 32.3. The molecule has 2 amide bonds. The fraction of sp³-hybridized carbons (Fsp3) is 0.526. The Morgan fingerprint density at radius 2 is 1.90 bits per heavy atom. The number of likely N-dealkylation sites (tertiary alicyclic amines) is 1. The van der Waals surface area contributed by atoms with Crippen molar-refractivity contribution in [2.24, 2.45) is 0 Å². The lowest BCUT2D eigenvalue weighted by atomic mass is 10.1. The second kappa shape index (κ2) is 8.12. The van der Waals surface area contributed by atoms with Crippen LogP contribution in [0.4, 0.5) is 0 Å². The molecule has 2 aromatic heterocycles. The Hall–Kier alpha value is -2.24. The summed E-state index contributed by atoms with van der Waals surface area (Å²) in [4.78, 5) is 29.9. The molecule has 2 aliphatic heterocycles. The number of sulfonamides is 1. The smallest absolute Gasteiger partial charge is 0.264 e. The summed E-state index contributed by atoms with van der Waals surface area (Å²) in [6.07, 6.45) is 1.42. The van der Waals surface area contributed by atoms with Crippen molar-refractivity contribution >= 4 is 33.2 Å². The molecule has 4 heterocycles. The molecule has 4 rings (SSSR count). The highest BCUT2D eigenvalue weighted by molar-refractivity contribution is 7.89. The molecule has 0 spiro atoms. The molecule has 0 aromatic carbocycles. The molecule has 1 atom stereocenters. The largest absolute Gasteiger partial charge is 0.360 e. The first-order chi connectivity index (χ1) is 14.3. The van der Waals surface area contributed by atoms with Crippen molar-refractivity contribution in [3.63, 3.8) is 0 Å². The van der Waals surface area contributed by atoms with Crippen LogP contribution in [0.15, 0.2) is 26.9 Å². The van der Waals surface area contributed by atoms with Gasteiger partial charge in [-0.05, 0) is 38.1 Å². The molecule has 2 aliphatic rings. The minimum atomic E-state index is -3.73. The SMILES string of the molecule is Cc1noc(C)c1S(=O)(=O)N1CCN(C(=O)[C@@H]2CCCN2C(=O)c2cccs2)CC1. The van der Waals surface area contributed by atoms with Crippen LogP contribution >= 0.6 is 11.3 Å². The van der Waals surface area contributed by atoms with E-state index in [-0.39, 0.29) is 35.6 Å². The second-order valence-corrected chi connectivity index (χ2v) is 10.3. The fourth-order valence-electron chi connectivity index (χ4n) is 4.14. The third-order valence-corrected chi connectivity index (χ3v) is 8.65. The molecule has 2 aromatic rings. The minimum Gasteiger partial charge on any atom is -0.360 e. The number of aromatic nitrogens is 1. The van der Waals surface area contributed by atoms with E-state index in [9.17, 15) is 18.0 Å². The van der Waals surface area contributed by atoms with E-state index < -0.39 is 16.1 Å². The molecule has 0 radical (unpaired) electrons. The zero-order valence-electron chi connectivity index (χ0n) is 16.9. The van der Waals surface area contributed by atoms with Gasteiger partial charge < -0.3 is 14.3 Å². The Balaban J connectivity index is 1.43. The molecular weight excluding hydrogens is 428 g/mol. The Labute approximate surface area is 179 Å². The first-order valence-corrected chi connectivity index (χ1v) is 12.2. The summed E-state index contributed by atoms with van der Waals surface area (Å²) in [6, 6.07) is 3.11. The number of aryl methyl sites for hydroxylation is 2. The van der Waals surface area contributed by atoms with Gasteiger partial charge in [-0.2, -0.15) is 4.31 Å². The minimum absolute atomic E-state index is 0.103. The van der Waals surface area contributed by atoms with Gasteiger partial charge in [-0.15, -0.1) is 11.3 Å². The standard InChI is InChI=1S/C19H24N4O5S2/c1-13-17(14(2)28-20-13)30(26,27)22-10-8-21(9-11-22)18(24)15-5-3-7-23(15)19(25)16-6-4-12-29-16/h4,6,12,15H,3,5,7-11H2,1-2H3/t15-/m0/s1. The number of carbonyl (C=O) groups is 2. The molecule has 11 heteroatoms. The number of rotatable bonds is 4. The van der Waals surface area contributed by atoms with Crippen LogP contribution in [-0.4, -0.2) is 78.3 Å².